The summed E-state index contributed by atoms with van der Waals surface area (Å²) in [5.41, 5.74) is 6.39. The second kappa shape index (κ2) is 5.22. The summed E-state index contributed by atoms with van der Waals surface area (Å²) in [4.78, 5) is 15.5. The molecule has 0 fully saturated rings. The molecule has 0 aromatic carbocycles. The number of hydrogen-bond donors (Lipinski definition) is 2. The molecule has 0 spiro atoms. The number of nitrogen functional groups attached to an aromatic ring is 1. The quantitative estimate of drug-likeness (QED) is 0.798. The van der Waals surface area contributed by atoms with Crippen molar-refractivity contribution >= 4 is 17.5 Å². The molecule has 3 N–H and O–H groups in total. The molecule has 0 amide bonds. The number of nitrogens with two attached hydrogens (primary N) is 1. The minimum absolute atomic E-state index is 0.260. The normalized spacial score (nSPS) is 10.1. The van der Waals surface area contributed by atoms with Gasteiger partial charge in [-0.25, -0.2) is 9.78 Å². The number of esters is 1. The molecule has 94 valence electrons. The van der Waals surface area contributed by atoms with E-state index in [9.17, 15) is 4.79 Å². The zero-order chi connectivity index (χ0) is 13.0. The predicted molar refractivity (Wildman–Crippen MR) is 66.0 cm³/mol. The molecule has 18 heavy (non-hydrogen) atoms. The minimum atomic E-state index is -0.490. The van der Waals surface area contributed by atoms with E-state index >= 15 is 0 Å². The molecular formula is C12H13N3O3. The van der Waals surface area contributed by atoms with Gasteiger partial charge < -0.3 is 20.2 Å². The number of furan rings is 1. The fourth-order valence-electron chi connectivity index (χ4n) is 1.49. The Kier molecular flexibility index (Phi) is 3.47. The molecule has 0 aliphatic heterocycles. The predicted octanol–water partition coefficient (Wildman–Crippen LogP) is 1.66. The number of rotatable bonds is 4. The lowest BCUT2D eigenvalue weighted by Gasteiger charge is -2.09. The van der Waals surface area contributed by atoms with Crippen molar-refractivity contribution in [1.29, 1.82) is 0 Å². The highest BCUT2D eigenvalue weighted by atomic mass is 16.5. The maximum Gasteiger partial charge on any atom is 0.340 e. The van der Waals surface area contributed by atoms with Crippen LogP contribution in [-0.2, 0) is 11.3 Å². The zero-order valence-electron chi connectivity index (χ0n) is 9.84. The Balaban J connectivity index is 2.16. The van der Waals surface area contributed by atoms with Crippen molar-refractivity contribution in [2.75, 3.05) is 18.2 Å². The Hall–Kier alpha value is -2.50. The number of pyridine rings is 1. The van der Waals surface area contributed by atoms with Crippen LogP contribution in [0.4, 0.5) is 11.5 Å². The first-order valence-electron chi connectivity index (χ1n) is 5.31. The standard InChI is InChI=1S/C12H13N3O3/c1-17-12(16)9-4-5-14-11(10(9)13)15-7-8-3-2-6-18-8/h2-6H,7,13H2,1H3,(H,14,15). The first-order valence-corrected chi connectivity index (χ1v) is 5.31. The van der Waals surface area contributed by atoms with E-state index in [1.807, 2.05) is 6.07 Å². The third-order valence-electron chi connectivity index (χ3n) is 2.41. The Morgan fingerprint density at radius 2 is 2.39 bits per heavy atom. The lowest BCUT2D eigenvalue weighted by Crippen LogP contribution is -2.10. The van der Waals surface area contributed by atoms with E-state index in [2.05, 4.69) is 15.0 Å². The van der Waals surface area contributed by atoms with Gasteiger partial charge in [0, 0.05) is 6.20 Å². The number of ether oxygens (including phenoxy) is 1. The molecule has 0 aliphatic carbocycles. The van der Waals surface area contributed by atoms with Crippen LogP contribution in [0.25, 0.3) is 0 Å². The van der Waals surface area contributed by atoms with Gasteiger partial charge in [-0.15, -0.1) is 0 Å². The average Bonchev–Trinajstić information content (AvgIpc) is 2.90. The van der Waals surface area contributed by atoms with Crippen molar-refractivity contribution in [2.45, 2.75) is 6.54 Å². The molecule has 0 bridgehead atoms. The highest BCUT2D eigenvalue weighted by Crippen LogP contribution is 2.21. The second-order valence-electron chi connectivity index (χ2n) is 3.55. The maximum atomic E-state index is 11.4. The Morgan fingerprint density at radius 3 is 3.06 bits per heavy atom. The molecule has 0 aliphatic rings. The largest absolute Gasteiger partial charge is 0.467 e. The third-order valence-corrected chi connectivity index (χ3v) is 2.41. The number of hydrogen-bond acceptors (Lipinski definition) is 6. The first kappa shape index (κ1) is 12.0. The molecule has 6 nitrogen and oxygen atoms in total. The van der Waals surface area contributed by atoms with Gasteiger partial charge >= 0.3 is 5.97 Å². The molecule has 0 saturated heterocycles. The summed E-state index contributed by atoms with van der Waals surface area (Å²) in [6.45, 7) is 0.439. The third kappa shape index (κ3) is 2.42. The molecular weight excluding hydrogens is 234 g/mol. The van der Waals surface area contributed by atoms with Crippen molar-refractivity contribution in [3.63, 3.8) is 0 Å². The van der Waals surface area contributed by atoms with Gasteiger partial charge in [-0.3, -0.25) is 0 Å². The molecule has 6 heteroatoms. The molecule has 0 unspecified atom stereocenters. The van der Waals surface area contributed by atoms with Gasteiger partial charge in [0.25, 0.3) is 0 Å². The smallest absolute Gasteiger partial charge is 0.340 e. The SMILES string of the molecule is COC(=O)c1ccnc(NCc2ccco2)c1N. The van der Waals surface area contributed by atoms with Crippen LogP contribution in [0.2, 0.25) is 0 Å². The highest BCUT2D eigenvalue weighted by molar-refractivity contribution is 5.97. The van der Waals surface area contributed by atoms with Crippen molar-refractivity contribution in [1.82, 2.24) is 4.98 Å². The summed E-state index contributed by atoms with van der Waals surface area (Å²) >= 11 is 0. The minimum Gasteiger partial charge on any atom is -0.467 e. The van der Waals surface area contributed by atoms with E-state index in [0.717, 1.165) is 5.76 Å². The molecule has 2 aromatic rings. The lowest BCUT2D eigenvalue weighted by molar-refractivity contribution is 0.0602. The van der Waals surface area contributed by atoms with Gasteiger partial charge in [0.1, 0.15) is 11.6 Å². The monoisotopic (exact) mass is 247 g/mol. The first-order chi connectivity index (χ1) is 8.72. The molecule has 2 heterocycles. The van der Waals surface area contributed by atoms with Crippen molar-refractivity contribution < 1.29 is 13.9 Å². The molecule has 0 saturated carbocycles. The number of anilines is 2. The number of aromatic nitrogens is 1. The summed E-state index contributed by atoms with van der Waals surface area (Å²) in [5, 5.41) is 3.00. The maximum absolute atomic E-state index is 11.4. The van der Waals surface area contributed by atoms with E-state index in [-0.39, 0.29) is 11.3 Å². The van der Waals surface area contributed by atoms with Gasteiger partial charge in [0.15, 0.2) is 0 Å². The molecule has 2 aromatic heterocycles. The summed E-state index contributed by atoms with van der Waals surface area (Å²) in [6.07, 6.45) is 3.08. The van der Waals surface area contributed by atoms with Crippen molar-refractivity contribution in [3.8, 4) is 0 Å². The van der Waals surface area contributed by atoms with Crippen LogP contribution in [0.15, 0.2) is 35.1 Å². The fourth-order valence-corrected chi connectivity index (χ4v) is 1.49. The summed E-state index contributed by atoms with van der Waals surface area (Å²) in [7, 11) is 1.30. The van der Waals surface area contributed by atoms with Crippen molar-refractivity contribution in [2.24, 2.45) is 0 Å². The summed E-state index contributed by atoms with van der Waals surface area (Å²) in [6, 6.07) is 5.13. The van der Waals surface area contributed by atoms with Gasteiger partial charge in [0.05, 0.1) is 31.2 Å². The van der Waals surface area contributed by atoms with E-state index in [1.54, 1.807) is 12.3 Å². The fraction of sp³-hybridized carbons (Fsp3) is 0.167. The molecule has 0 radical (unpaired) electrons. The van der Waals surface area contributed by atoms with Crippen LogP contribution >= 0.6 is 0 Å². The highest BCUT2D eigenvalue weighted by Gasteiger charge is 2.13. The average molecular weight is 247 g/mol. The van der Waals surface area contributed by atoms with Gasteiger partial charge in [-0.2, -0.15) is 0 Å². The van der Waals surface area contributed by atoms with Crippen molar-refractivity contribution in [3.05, 3.63) is 42.0 Å². The van der Waals surface area contributed by atoms with Gasteiger partial charge in [-0.1, -0.05) is 0 Å². The molecule has 2 rings (SSSR count). The number of methoxy groups -OCH3 is 1. The van der Waals surface area contributed by atoms with Gasteiger partial charge in [0.2, 0.25) is 0 Å². The number of nitrogens with one attached hydrogen (secondary N) is 1. The van der Waals surface area contributed by atoms with Crippen LogP contribution < -0.4 is 11.1 Å². The summed E-state index contributed by atoms with van der Waals surface area (Å²) < 4.78 is 9.80. The Morgan fingerprint density at radius 1 is 1.56 bits per heavy atom. The zero-order valence-corrected chi connectivity index (χ0v) is 9.84. The molecule has 0 atom stereocenters. The van der Waals surface area contributed by atoms with E-state index in [1.165, 1.54) is 19.4 Å². The van der Waals surface area contributed by atoms with Crippen LogP contribution in [0.5, 0.6) is 0 Å². The van der Waals surface area contributed by atoms with Crippen LogP contribution in [-0.4, -0.2) is 18.1 Å². The van der Waals surface area contributed by atoms with E-state index < -0.39 is 5.97 Å². The summed E-state index contributed by atoms with van der Waals surface area (Å²) in [5.74, 6) is 0.685. The van der Waals surface area contributed by atoms with E-state index in [0.29, 0.717) is 12.4 Å². The lowest BCUT2D eigenvalue weighted by atomic mass is 10.2. The Bertz CT molecular complexity index is 538. The second-order valence-corrected chi connectivity index (χ2v) is 3.55. The number of nitrogens with zero attached hydrogens (tertiary/aromatic N) is 1. The van der Waals surface area contributed by atoms with Gasteiger partial charge in [-0.05, 0) is 18.2 Å². The Labute approximate surface area is 104 Å². The van der Waals surface area contributed by atoms with Crippen LogP contribution in [0, 0.1) is 0 Å². The number of carbonyl (C=O) groups excluding carboxylic acids is 1. The van der Waals surface area contributed by atoms with E-state index in [4.69, 9.17) is 10.2 Å². The van der Waals surface area contributed by atoms with Crippen LogP contribution in [0.1, 0.15) is 16.1 Å². The van der Waals surface area contributed by atoms with Crippen LogP contribution in [0.3, 0.4) is 0 Å². The topological polar surface area (TPSA) is 90.4 Å². The number of carbonyl (C=O) groups is 1.